The molecule has 0 bridgehead atoms. The SMILES string of the molecule is CC[C@H]1[C@@H](O)[C@H]2C3CC[C@H]([C@H](C)CCOS(=O)(=O)[O-])[C@@]3(C)CCC2[C@@]2(C)CC[C@@H](O)C[C@@H]12. The quantitative estimate of drug-likeness (QED) is 0.446. The zero-order valence-electron chi connectivity index (χ0n) is 20.2. The summed E-state index contributed by atoms with van der Waals surface area (Å²) < 4.78 is 37.0. The van der Waals surface area contributed by atoms with E-state index < -0.39 is 10.4 Å². The molecule has 0 aromatic carbocycles. The van der Waals surface area contributed by atoms with Gasteiger partial charge in [-0.2, -0.15) is 0 Å². The van der Waals surface area contributed by atoms with Gasteiger partial charge >= 0.3 is 0 Å². The summed E-state index contributed by atoms with van der Waals surface area (Å²) in [6, 6.07) is 0. The van der Waals surface area contributed by atoms with E-state index in [0.717, 1.165) is 51.4 Å². The maximum absolute atomic E-state index is 11.7. The van der Waals surface area contributed by atoms with Crippen molar-refractivity contribution in [2.75, 3.05) is 6.61 Å². The Balaban J connectivity index is 1.56. The van der Waals surface area contributed by atoms with Crippen LogP contribution < -0.4 is 0 Å². The molecule has 2 N–H and O–H groups in total. The van der Waals surface area contributed by atoms with Gasteiger partial charge in [0.15, 0.2) is 0 Å². The first-order valence-electron chi connectivity index (χ1n) is 12.9. The molecule has 11 atom stereocenters. The summed E-state index contributed by atoms with van der Waals surface area (Å²) in [6.07, 6.45) is 8.26. The van der Waals surface area contributed by atoms with Crippen LogP contribution >= 0.6 is 0 Å². The third-order valence-electron chi connectivity index (χ3n) is 11.0. The first-order valence-corrected chi connectivity index (χ1v) is 14.2. The van der Waals surface area contributed by atoms with Gasteiger partial charge in [0.05, 0.1) is 18.8 Å². The fourth-order valence-electron chi connectivity index (χ4n) is 9.47. The lowest BCUT2D eigenvalue weighted by Gasteiger charge is -2.64. The fourth-order valence-corrected chi connectivity index (χ4v) is 9.77. The molecule has 0 heterocycles. The van der Waals surface area contributed by atoms with Crippen molar-refractivity contribution in [3.63, 3.8) is 0 Å². The highest BCUT2D eigenvalue weighted by Gasteiger charge is 2.64. The van der Waals surface area contributed by atoms with Crippen LogP contribution in [0.25, 0.3) is 0 Å². The van der Waals surface area contributed by atoms with Crippen molar-refractivity contribution in [1.29, 1.82) is 0 Å². The monoisotopic (exact) mass is 471 g/mol. The molecule has 4 rings (SSSR count). The Hall–Kier alpha value is -0.210. The minimum Gasteiger partial charge on any atom is -0.726 e. The van der Waals surface area contributed by atoms with E-state index in [1.54, 1.807) is 0 Å². The predicted molar refractivity (Wildman–Crippen MR) is 121 cm³/mol. The molecule has 0 radical (unpaired) electrons. The summed E-state index contributed by atoms with van der Waals surface area (Å²) >= 11 is 0. The third kappa shape index (κ3) is 4.08. The zero-order chi connectivity index (χ0) is 23.5. The van der Waals surface area contributed by atoms with E-state index in [9.17, 15) is 23.2 Å². The maximum Gasteiger partial charge on any atom is 0.217 e. The van der Waals surface area contributed by atoms with Gasteiger partial charge in [-0.25, -0.2) is 8.42 Å². The van der Waals surface area contributed by atoms with E-state index in [2.05, 4.69) is 31.9 Å². The molecule has 32 heavy (non-hydrogen) atoms. The third-order valence-corrected chi connectivity index (χ3v) is 11.4. The summed E-state index contributed by atoms with van der Waals surface area (Å²) in [6.45, 7) is 9.17. The Morgan fingerprint density at radius 2 is 1.69 bits per heavy atom. The average Bonchev–Trinajstić information content (AvgIpc) is 3.06. The Kier molecular flexibility index (Phi) is 6.83. The smallest absolute Gasteiger partial charge is 0.217 e. The Bertz CT molecular complexity index is 785. The van der Waals surface area contributed by atoms with E-state index in [0.29, 0.717) is 36.0 Å². The lowest BCUT2D eigenvalue weighted by Crippen LogP contribution is -2.62. The molecular formula is C25H43O6S-. The van der Waals surface area contributed by atoms with E-state index in [1.165, 1.54) is 0 Å². The molecule has 0 aromatic rings. The average molecular weight is 472 g/mol. The van der Waals surface area contributed by atoms with Gasteiger partial charge in [-0.05, 0) is 104 Å². The summed E-state index contributed by atoms with van der Waals surface area (Å²) in [5.41, 5.74) is 0.332. The summed E-state index contributed by atoms with van der Waals surface area (Å²) in [5, 5.41) is 22.1. The second kappa shape index (κ2) is 8.78. The van der Waals surface area contributed by atoms with E-state index >= 15 is 0 Å². The molecule has 6 nitrogen and oxygen atoms in total. The molecule has 4 aliphatic carbocycles. The summed E-state index contributed by atoms with van der Waals surface area (Å²) in [7, 11) is -4.64. The number of rotatable bonds is 6. The number of aliphatic hydroxyl groups excluding tert-OH is 2. The highest BCUT2D eigenvalue weighted by Crippen LogP contribution is 2.69. The van der Waals surface area contributed by atoms with E-state index in [-0.39, 0.29) is 41.5 Å². The molecular weight excluding hydrogens is 428 g/mol. The van der Waals surface area contributed by atoms with Gasteiger partial charge in [0.1, 0.15) is 0 Å². The number of fused-ring (bicyclic) bond motifs is 5. The Labute approximate surface area is 194 Å². The summed E-state index contributed by atoms with van der Waals surface area (Å²) in [5.74, 6) is 2.69. The van der Waals surface area contributed by atoms with Crippen LogP contribution in [0, 0.1) is 52.3 Å². The van der Waals surface area contributed by atoms with Crippen molar-refractivity contribution >= 4 is 10.4 Å². The summed E-state index contributed by atoms with van der Waals surface area (Å²) in [4.78, 5) is 0. The number of hydrogen-bond acceptors (Lipinski definition) is 6. The van der Waals surface area contributed by atoms with Crippen molar-refractivity contribution in [2.24, 2.45) is 52.3 Å². The maximum atomic E-state index is 11.7. The van der Waals surface area contributed by atoms with Gasteiger partial charge in [0.2, 0.25) is 10.4 Å². The first-order chi connectivity index (χ1) is 14.9. The van der Waals surface area contributed by atoms with Crippen LogP contribution in [0.3, 0.4) is 0 Å². The molecule has 4 aliphatic rings. The van der Waals surface area contributed by atoms with Crippen molar-refractivity contribution in [2.45, 2.75) is 97.7 Å². The van der Waals surface area contributed by atoms with Gasteiger partial charge < -0.3 is 14.8 Å². The molecule has 7 heteroatoms. The lowest BCUT2D eigenvalue weighted by atomic mass is 9.41. The first kappa shape index (κ1) is 24.9. The van der Waals surface area contributed by atoms with Crippen LogP contribution in [0.1, 0.15) is 85.5 Å². The van der Waals surface area contributed by atoms with Gasteiger partial charge in [0, 0.05) is 0 Å². The molecule has 0 amide bonds. The molecule has 186 valence electrons. The van der Waals surface area contributed by atoms with Gasteiger partial charge in [-0.15, -0.1) is 0 Å². The normalized spacial score (nSPS) is 49.7. The van der Waals surface area contributed by atoms with Gasteiger partial charge in [-0.3, -0.25) is 4.18 Å². The molecule has 0 aliphatic heterocycles. The second-order valence-corrected chi connectivity index (χ2v) is 13.2. The number of hydrogen-bond donors (Lipinski definition) is 2. The van der Waals surface area contributed by atoms with Crippen LogP contribution in [0.15, 0.2) is 0 Å². The molecule has 4 saturated carbocycles. The molecule has 4 fully saturated rings. The predicted octanol–water partition coefficient (Wildman–Crippen LogP) is 4.12. The van der Waals surface area contributed by atoms with Crippen LogP contribution in [0.2, 0.25) is 0 Å². The minimum atomic E-state index is -4.64. The second-order valence-electron chi connectivity index (χ2n) is 12.1. The van der Waals surface area contributed by atoms with E-state index in [1.807, 2.05) is 0 Å². The van der Waals surface area contributed by atoms with Crippen molar-refractivity contribution in [1.82, 2.24) is 0 Å². The zero-order valence-corrected chi connectivity index (χ0v) is 21.0. The molecule has 0 spiro atoms. The Morgan fingerprint density at radius 3 is 2.34 bits per heavy atom. The van der Waals surface area contributed by atoms with Crippen molar-refractivity contribution < 1.29 is 27.4 Å². The molecule has 0 aromatic heterocycles. The van der Waals surface area contributed by atoms with Gasteiger partial charge in [0.25, 0.3) is 0 Å². The van der Waals surface area contributed by atoms with Crippen molar-refractivity contribution in [3.8, 4) is 0 Å². The topological polar surface area (TPSA) is 107 Å². The fraction of sp³-hybridized carbons (Fsp3) is 1.00. The standard InChI is InChI=1S/C25H44O6S/c1-5-17-21-14-16(26)8-11-25(21,4)20-9-12-24(3)18(6-7-19(24)22(20)23(17)27)15(2)10-13-31-32(28,29)30/h15-23,26-27H,5-14H2,1-4H3,(H,28,29,30)/p-1/t15-,16-,17-,18-,19?,20?,21+,22+,23-,24-,25-/m1/s1. The van der Waals surface area contributed by atoms with Crippen LogP contribution in [0.5, 0.6) is 0 Å². The lowest BCUT2D eigenvalue weighted by molar-refractivity contribution is -0.203. The number of aliphatic hydroxyl groups is 2. The largest absolute Gasteiger partial charge is 0.726 e. The molecule has 0 saturated heterocycles. The van der Waals surface area contributed by atoms with Crippen LogP contribution in [-0.2, 0) is 14.6 Å². The highest BCUT2D eigenvalue weighted by molar-refractivity contribution is 7.80. The molecule has 2 unspecified atom stereocenters. The Morgan fingerprint density at radius 1 is 1.03 bits per heavy atom. The van der Waals surface area contributed by atoms with Crippen LogP contribution in [0.4, 0.5) is 0 Å². The van der Waals surface area contributed by atoms with Crippen LogP contribution in [-0.4, -0.2) is 42.0 Å². The highest BCUT2D eigenvalue weighted by atomic mass is 32.3. The van der Waals surface area contributed by atoms with Crippen molar-refractivity contribution in [3.05, 3.63) is 0 Å². The van der Waals surface area contributed by atoms with E-state index in [4.69, 9.17) is 0 Å². The van der Waals surface area contributed by atoms with Gasteiger partial charge in [-0.1, -0.05) is 34.1 Å². The minimum absolute atomic E-state index is 0.0427.